The molecule has 168 valence electrons. The van der Waals surface area contributed by atoms with Crippen LogP contribution in [0.5, 0.6) is 0 Å². The van der Waals surface area contributed by atoms with Crippen LogP contribution in [0.1, 0.15) is 10.4 Å². The summed E-state index contributed by atoms with van der Waals surface area (Å²) in [6.07, 6.45) is 1.97. The van der Waals surface area contributed by atoms with Crippen molar-refractivity contribution >= 4 is 84.7 Å². The summed E-state index contributed by atoms with van der Waals surface area (Å²) in [4.78, 5) is 39.2. The van der Waals surface area contributed by atoms with Crippen LogP contribution in [0, 0.1) is 10.1 Å². The second kappa shape index (κ2) is 10.2. The summed E-state index contributed by atoms with van der Waals surface area (Å²) in [6.45, 7) is 0. The first kappa shape index (κ1) is 23.1. The molecule has 0 aliphatic carbocycles. The van der Waals surface area contributed by atoms with E-state index in [1.807, 2.05) is 24.5 Å². The van der Waals surface area contributed by atoms with Crippen LogP contribution in [0.3, 0.4) is 0 Å². The number of amides is 2. The molecule has 2 N–H and O–H groups in total. The third kappa shape index (κ3) is 5.84. The van der Waals surface area contributed by atoms with Gasteiger partial charge in [0, 0.05) is 23.4 Å². The number of hydrogen-bond donors (Lipinski definition) is 2. The predicted molar refractivity (Wildman–Crippen MR) is 132 cm³/mol. The number of nitrogens with one attached hydrogen (secondary N) is 2. The fourth-order valence-corrected chi connectivity index (χ4v) is 5.69. The Kier molecular flexibility index (Phi) is 7.17. The number of benzene rings is 2. The SMILES string of the molecule is CSc1nc2ccc(NC(=O)CSc3nnc(NC(=O)c4ccc([N+](=O)[O-])cc4)s3)cc2s1. The van der Waals surface area contributed by atoms with Crippen molar-refractivity contribution in [2.45, 2.75) is 8.68 Å². The molecule has 0 fully saturated rings. The fraction of sp³-hybridized carbons (Fsp3) is 0.105. The highest BCUT2D eigenvalue weighted by Crippen LogP contribution is 2.30. The summed E-state index contributed by atoms with van der Waals surface area (Å²) in [5, 5.41) is 24.3. The Labute approximate surface area is 203 Å². The third-order valence-electron chi connectivity index (χ3n) is 4.12. The van der Waals surface area contributed by atoms with Crippen molar-refractivity contribution < 1.29 is 14.5 Å². The van der Waals surface area contributed by atoms with Crippen molar-refractivity contribution in [2.75, 3.05) is 22.6 Å². The van der Waals surface area contributed by atoms with E-state index in [1.165, 1.54) is 36.0 Å². The number of carbonyl (C=O) groups is 2. The summed E-state index contributed by atoms with van der Waals surface area (Å²) in [7, 11) is 0. The van der Waals surface area contributed by atoms with Gasteiger partial charge in [-0.05, 0) is 36.6 Å². The molecule has 0 atom stereocenters. The zero-order chi connectivity index (χ0) is 23.4. The average Bonchev–Trinajstić information content (AvgIpc) is 3.43. The van der Waals surface area contributed by atoms with E-state index in [0.717, 1.165) is 25.9 Å². The van der Waals surface area contributed by atoms with Crippen LogP contribution in [0.2, 0.25) is 0 Å². The fourth-order valence-electron chi connectivity index (χ4n) is 2.62. The maximum absolute atomic E-state index is 12.3. The molecule has 14 heteroatoms. The van der Waals surface area contributed by atoms with Gasteiger partial charge in [-0.2, -0.15) is 0 Å². The Morgan fingerprint density at radius 2 is 1.85 bits per heavy atom. The van der Waals surface area contributed by atoms with Gasteiger partial charge in [0.2, 0.25) is 11.0 Å². The number of thioether (sulfide) groups is 2. The van der Waals surface area contributed by atoms with Gasteiger partial charge in [-0.25, -0.2) is 4.98 Å². The van der Waals surface area contributed by atoms with Gasteiger partial charge in [-0.1, -0.05) is 34.9 Å². The van der Waals surface area contributed by atoms with Gasteiger partial charge in [-0.3, -0.25) is 25.0 Å². The monoisotopic (exact) mass is 518 g/mol. The molecule has 0 radical (unpaired) electrons. The molecule has 0 saturated carbocycles. The zero-order valence-electron chi connectivity index (χ0n) is 16.8. The van der Waals surface area contributed by atoms with Crippen LogP contribution in [0.15, 0.2) is 51.1 Å². The summed E-state index contributed by atoms with van der Waals surface area (Å²) in [5.74, 6) is -0.527. The van der Waals surface area contributed by atoms with Gasteiger partial charge in [0.05, 0.1) is 20.9 Å². The van der Waals surface area contributed by atoms with Crippen molar-refractivity contribution in [2.24, 2.45) is 0 Å². The number of nitro groups is 1. The van der Waals surface area contributed by atoms with Crippen LogP contribution in [0.4, 0.5) is 16.5 Å². The Hall–Kier alpha value is -3.07. The highest BCUT2D eigenvalue weighted by molar-refractivity contribution is 8.01. The molecule has 2 aromatic heterocycles. The van der Waals surface area contributed by atoms with Crippen LogP contribution in [-0.2, 0) is 4.79 Å². The van der Waals surface area contributed by atoms with Crippen molar-refractivity contribution in [3.63, 3.8) is 0 Å². The van der Waals surface area contributed by atoms with E-state index >= 15 is 0 Å². The van der Waals surface area contributed by atoms with Gasteiger partial charge in [0.15, 0.2) is 8.68 Å². The molecule has 0 aliphatic heterocycles. The Morgan fingerprint density at radius 3 is 2.58 bits per heavy atom. The second-order valence-corrected chi connectivity index (χ2v) is 10.6. The molecular weight excluding hydrogens is 505 g/mol. The summed E-state index contributed by atoms with van der Waals surface area (Å²) in [6, 6.07) is 10.8. The molecular formula is C19H14N6O4S4. The molecule has 4 aromatic rings. The maximum atomic E-state index is 12.3. The van der Waals surface area contributed by atoms with Gasteiger partial charge in [-0.15, -0.1) is 21.5 Å². The van der Waals surface area contributed by atoms with Gasteiger partial charge >= 0.3 is 0 Å². The van der Waals surface area contributed by atoms with E-state index in [2.05, 4.69) is 25.8 Å². The molecule has 2 amide bonds. The first-order valence-electron chi connectivity index (χ1n) is 9.18. The molecule has 0 saturated heterocycles. The number of nitro benzene ring substituents is 1. The van der Waals surface area contributed by atoms with E-state index < -0.39 is 10.8 Å². The highest BCUT2D eigenvalue weighted by atomic mass is 32.2. The first-order chi connectivity index (χ1) is 15.9. The lowest BCUT2D eigenvalue weighted by atomic mass is 10.2. The molecule has 0 spiro atoms. The van der Waals surface area contributed by atoms with Gasteiger partial charge in [0.1, 0.15) is 0 Å². The third-order valence-corrected chi connectivity index (χ3v) is 8.10. The topological polar surface area (TPSA) is 140 Å². The number of rotatable bonds is 8. The lowest BCUT2D eigenvalue weighted by Crippen LogP contribution is -2.13. The number of fused-ring (bicyclic) bond motifs is 1. The lowest BCUT2D eigenvalue weighted by molar-refractivity contribution is -0.384. The minimum absolute atomic E-state index is 0.101. The molecule has 4 rings (SSSR count). The number of aromatic nitrogens is 3. The van der Waals surface area contributed by atoms with Crippen LogP contribution in [-0.4, -0.2) is 43.9 Å². The number of hydrogen-bond acceptors (Lipinski definition) is 11. The summed E-state index contributed by atoms with van der Waals surface area (Å²) < 4.78 is 2.49. The normalized spacial score (nSPS) is 10.8. The second-order valence-electron chi connectivity index (χ2n) is 6.33. The Morgan fingerprint density at radius 1 is 1.06 bits per heavy atom. The summed E-state index contributed by atoms with van der Waals surface area (Å²) >= 11 is 5.48. The standard InChI is InChI=1S/C19H14N6O4S4/c1-30-18-21-13-7-4-11(8-14(13)32-18)20-15(26)9-31-19-24-23-17(33-19)22-16(27)10-2-5-12(6-3-10)25(28)29/h2-8H,9H2,1H3,(H,20,26)(H,22,23,27). The molecule has 0 bridgehead atoms. The van der Waals surface area contributed by atoms with Crippen molar-refractivity contribution in [3.05, 3.63) is 58.1 Å². The van der Waals surface area contributed by atoms with E-state index in [4.69, 9.17) is 0 Å². The van der Waals surface area contributed by atoms with E-state index in [1.54, 1.807) is 23.1 Å². The van der Waals surface area contributed by atoms with Gasteiger partial charge < -0.3 is 5.32 Å². The minimum Gasteiger partial charge on any atom is -0.325 e. The van der Waals surface area contributed by atoms with Crippen LogP contribution < -0.4 is 10.6 Å². The number of non-ortho nitro benzene ring substituents is 1. The Bertz CT molecular complexity index is 1340. The van der Waals surface area contributed by atoms with E-state index in [9.17, 15) is 19.7 Å². The van der Waals surface area contributed by atoms with Crippen LogP contribution in [0.25, 0.3) is 10.2 Å². The Balaban J connectivity index is 1.29. The zero-order valence-corrected chi connectivity index (χ0v) is 20.1. The molecule has 10 nitrogen and oxygen atoms in total. The molecule has 0 unspecified atom stereocenters. The first-order valence-corrected chi connectivity index (χ1v) is 13.0. The highest BCUT2D eigenvalue weighted by Gasteiger charge is 2.14. The average molecular weight is 519 g/mol. The quantitative estimate of drug-likeness (QED) is 0.146. The number of carbonyl (C=O) groups excluding carboxylic acids is 2. The van der Waals surface area contributed by atoms with Crippen LogP contribution >= 0.6 is 46.2 Å². The van der Waals surface area contributed by atoms with E-state index in [-0.39, 0.29) is 28.0 Å². The molecule has 2 aromatic carbocycles. The smallest absolute Gasteiger partial charge is 0.269 e. The molecule has 33 heavy (non-hydrogen) atoms. The van der Waals surface area contributed by atoms with E-state index in [0.29, 0.717) is 10.0 Å². The van der Waals surface area contributed by atoms with Crippen molar-refractivity contribution in [1.29, 1.82) is 0 Å². The molecule has 0 aliphatic rings. The number of thiazole rings is 1. The van der Waals surface area contributed by atoms with Crippen molar-refractivity contribution in [3.8, 4) is 0 Å². The molecule has 2 heterocycles. The lowest BCUT2D eigenvalue weighted by Gasteiger charge is -2.03. The van der Waals surface area contributed by atoms with Gasteiger partial charge in [0.25, 0.3) is 11.6 Å². The summed E-state index contributed by atoms with van der Waals surface area (Å²) in [5.41, 5.74) is 1.75. The number of nitrogens with zero attached hydrogens (tertiary/aromatic N) is 4. The predicted octanol–water partition coefficient (Wildman–Crippen LogP) is 4.76. The maximum Gasteiger partial charge on any atom is 0.269 e. The van der Waals surface area contributed by atoms with Crippen molar-refractivity contribution in [1.82, 2.24) is 15.2 Å². The number of anilines is 2. The largest absolute Gasteiger partial charge is 0.325 e. The minimum atomic E-state index is -0.537.